The molecule has 184 valence electrons. The second-order valence-corrected chi connectivity index (χ2v) is 7.80. The van der Waals surface area contributed by atoms with Crippen molar-refractivity contribution in [2.75, 3.05) is 64.8 Å². The van der Waals surface area contributed by atoms with Crippen molar-refractivity contribution >= 4 is 23.4 Å². The van der Waals surface area contributed by atoms with Crippen LogP contribution in [0.2, 0.25) is 0 Å². The Morgan fingerprint density at radius 3 is 2.12 bits per heavy atom. The summed E-state index contributed by atoms with van der Waals surface area (Å²) in [7, 11) is 6.36. The van der Waals surface area contributed by atoms with Crippen LogP contribution in [-0.2, 0) is 11.0 Å². The minimum atomic E-state index is -4.62. The van der Waals surface area contributed by atoms with E-state index in [9.17, 15) is 18.0 Å². The van der Waals surface area contributed by atoms with Crippen LogP contribution in [0, 0.1) is 0 Å². The average Bonchev–Trinajstić information content (AvgIpc) is 2.82. The normalized spacial score (nSPS) is 14.9. The number of nitrogens with one attached hydrogen (secondary N) is 1. The molecule has 1 aliphatic heterocycles. The maximum atomic E-state index is 13.8. The van der Waals surface area contributed by atoms with Gasteiger partial charge in [0.2, 0.25) is 11.7 Å². The Morgan fingerprint density at radius 2 is 1.59 bits per heavy atom. The third kappa shape index (κ3) is 5.93. The summed E-state index contributed by atoms with van der Waals surface area (Å²) in [6.45, 7) is 2.81. The molecular formula is C24H28F3N3O4. The molecule has 3 rings (SSSR count). The van der Waals surface area contributed by atoms with Gasteiger partial charge in [-0.05, 0) is 49.0 Å². The van der Waals surface area contributed by atoms with E-state index in [0.717, 1.165) is 25.2 Å². The van der Waals surface area contributed by atoms with E-state index in [1.54, 1.807) is 18.2 Å². The minimum absolute atomic E-state index is 0.301. The van der Waals surface area contributed by atoms with Crippen LogP contribution in [0.3, 0.4) is 0 Å². The van der Waals surface area contributed by atoms with Crippen molar-refractivity contribution < 1.29 is 32.2 Å². The second-order valence-electron chi connectivity index (χ2n) is 7.80. The number of rotatable bonds is 7. The highest BCUT2D eigenvalue weighted by Gasteiger charge is 2.34. The summed E-state index contributed by atoms with van der Waals surface area (Å²) in [4.78, 5) is 16.5. The molecule has 1 N–H and O–H groups in total. The van der Waals surface area contributed by atoms with Gasteiger partial charge >= 0.3 is 6.18 Å². The molecule has 0 radical (unpaired) electrons. The summed E-state index contributed by atoms with van der Waals surface area (Å²) in [6.07, 6.45) is -2.02. The molecule has 0 aliphatic carbocycles. The summed E-state index contributed by atoms with van der Waals surface area (Å²) >= 11 is 0. The van der Waals surface area contributed by atoms with Gasteiger partial charge in [0, 0.05) is 37.9 Å². The minimum Gasteiger partial charge on any atom is -0.493 e. The molecule has 1 heterocycles. The van der Waals surface area contributed by atoms with Crippen molar-refractivity contribution in [3.8, 4) is 17.2 Å². The molecule has 34 heavy (non-hydrogen) atoms. The first-order valence-electron chi connectivity index (χ1n) is 10.6. The summed E-state index contributed by atoms with van der Waals surface area (Å²) in [6, 6.07) is 7.22. The number of hydrogen-bond donors (Lipinski definition) is 1. The highest BCUT2D eigenvalue weighted by Crippen LogP contribution is 2.39. The maximum Gasteiger partial charge on any atom is 0.418 e. The molecule has 10 heteroatoms. The zero-order valence-electron chi connectivity index (χ0n) is 19.5. The Bertz CT molecular complexity index is 1020. The second kappa shape index (κ2) is 10.7. The molecule has 1 aliphatic rings. The first-order valence-corrected chi connectivity index (χ1v) is 10.6. The predicted molar refractivity (Wildman–Crippen MR) is 125 cm³/mol. The number of halogens is 3. The predicted octanol–water partition coefficient (Wildman–Crippen LogP) is 4.13. The summed E-state index contributed by atoms with van der Waals surface area (Å²) in [5.74, 6) is 0.468. The van der Waals surface area contributed by atoms with E-state index in [1.807, 2.05) is 11.9 Å². The Hall–Kier alpha value is -3.40. The maximum absolute atomic E-state index is 13.8. The fourth-order valence-electron chi connectivity index (χ4n) is 3.68. The van der Waals surface area contributed by atoms with Gasteiger partial charge in [0.1, 0.15) is 0 Å². The summed E-state index contributed by atoms with van der Waals surface area (Å²) in [5.41, 5.74) is -0.166. The lowest BCUT2D eigenvalue weighted by atomic mass is 10.1. The number of alkyl halides is 3. The molecule has 7 nitrogen and oxygen atoms in total. The number of hydrogen-bond acceptors (Lipinski definition) is 6. The quantitative estimate of drug-likeness (QED) is 0.603. The third-order valence-electron chi connectivity index (χ3n) is 5.55. The zero-order valence-corrected chi connectivity index (χ0v) is 19.5. The van der Waals surface area contributed by atoms with Crippen LogP contribution < -0.4 is 24.4 Å². The molecule has 1 amide bonds. The van der Waals surface area contributed by atoms with Gasteiger partial charge in [-0.25, -0.2) is 0 Å². The average molecular weight is 479 g/mol. The molecule has 1 fully saturated rings. The smallest absolute Gasteiger partial charge is 0.418 e. The molecule has 0 saturated carbocycles. The van der Waals surface area contributed by atoms with Crippen molar-refractivity contribution in [1.29, 1.82) is 0 Å². The molecule has 0 unspecified atom stereocenters. The van der Waals surface area contributed by atoms with E-state index in [0.29, 0.717) is 41.6 Å². The number of ether oxygens (including phenoxy) is 3. The first-order chi connectivity index (χ1) is 16.2. The van der Waals surface area contributed by atoms with Gasteiger partial charge in [-0.1, -0.05) is 0 Å². The van der Waals surface area contributed by atoms with Crippen LogP contribution in [0.5, 0.6) is 17.2 Å². The Balaban J connectivity index is 1.81. The number of piperazine rings is 1. The summed E-state index contributed by atoms with van der Waals surface area (Å²) in [5, 5.41) is 2.34. The molecule has 0 bridgehead atoms. The number of nitrogens with zero attached hydrogens (tertiary/aromatic N) is 2. The van der Waals surface area contributed by atoms with Crippen LogP contribution in [0.15, 0.2) is 36.4 Å². The van der Waals surface area contributed by atoms with Gasteiger partial charge in [0.15, 0.2) is 11.5 Å². The largest absolute Gasteiger partial charge is 0.493 e. The fourth-order valence-corrected chi connectivity index (χ4v) is 3.68. The van der Waals surface area contributed by atoms with Crippen molar-refractivity contribution in [3.63, 3.8) is 0 Å². The van der Waals surface area contributed by atoms with E-state index >= 15 is 0 Å². The van der Waals surface area contributed by atoms with E-state index in [2.05, 4.69) is 10.2 Å². The molecule has 2 aromatic rings. The van der Waals surface area contributed by atoms with Gasteiger partial charge < -0.3 is 29.3 Å². The Labute approximate surface area is 196 Å². The number of methoxy groups -OCH3 is 3. The SMILES string of the molecule is COc1cc(/C=C/C(=O)Nc2ccc(N3CCN(C)CC3)cc2C(F)(F)F)cc(OC)c1OC. The van der Waals surface area contributed by atoms with E-state index in [4.69, 9.17) is 14.2 Å². The van der Waals surface area contributed by atoms with Crippen molar-refractivity contribution in [2.24, 2.45) is 0 Å². The topological polar surface area (TPSA) is 63.3 Å². The highest BCUT2D eigenvalue weighted by molar-refractivity contribution is 6.02. The van der Waals surface area contributed by atoms with Crippen LogP contribution in [-0.4, -0.2) is 65.4 Å². The van der Waals surface area contributed by atoms with E-state index < -0.39 is 17.6 Å². The monoisotopic (exact) mass is 479 g/mol. The molecule has 0 spiro atoms. The van der Waals surface area contributed by atoms with Crippen LogP contribution in [0.25, 0.3) is 6.08 Å². The number of carbonyl (C=O) groups excluding carboxylic acids is 1. The Kier molecular flexibility index (Phi) is 7.93. The van der Waals surface area contributed by atoms with Gasteiger partial charge in [0.05, 0.1) is 32.6 Å². The molecule has 0 aromatic heterocycles. The van der Waals surface area contributed by atoms with Crippen LogP contribution in [0.1, 0.15) is 11.1 Å². The first kappa shape index (κ1) is 25.2. The molecule has 0 atom stereocenters. The highest BCUT2D eigenvalue weighted by atomic mass is 19.4. The van der Waals surface area contributed by atoms with Gasteiger partial charge in [-0.15, -0.1) is 0 Å². The third-order valence-corrected chi connectivity index (χ3v) is 5.55. The number of carbonyl (C=O) groups is 1. The van der Waals surface area contributed by atoms with E-state index in [1.165, 1.54) is 33.5 Å². The number of benzene rings is 2. The Morgan fingerprint density at radius 1 is 0.971 bits per heavy atom. The molecular weight excluding hydrogens is 451 g/mol. The van der Waals surface area contributed by atoms with Gasteiger partial charge in [0.25, 0.3) is 0 Å². The van der Waals surface area contributed by atoms with Crippen LogP contribution >= 0.6 is 0 Å². The van der Waals surface area contributed by atoms with Crippen molar-refractivity contribution in [3.05, 3.63) is 47.5 Å². The molecule has 1 saturated heterocycles. The lowest BCUT2D eigenvalue weighted by Gasteiger charge is -2.34. The van der Waals surface area contributed by atoms with Crippen molar-refractivity contribution in [1.82, 2.24) is 4.90 Å². The van der Waals surface area contributed by atoms with Gasteiger partial charge in [-0.3, -0.25) is 4.79 Å². The number of likely N-dealkylation sites (N-methyl/N-ethyl adjacent to an activating group) is 1. The van der Waals surface area contributed by atoms with Crippen molar-refractivity contribution in [2.45, 2.75) is 6.18 Å². The van der Waals surface area contributed by atoms with Crippen LogP contribution in [0.4, 0.5) is 24.5 Å². The lowest BCUT2D eigenvalue weighted by Crippen LogP contribution is -2.44. The molecule has 2 aromatic carbocycles. The standard InChI is InChI=1S/C24H28F3N3O4/c1-29-9-11-30(12-10-29)17-6-7-19(18(15-17)24(25,26)27)28-22(31)8-5-16-13-20(32-2)23(34-4)21(14-16)33-3/h5-8,13-15H,9-12H2,1-4H3,(H,28,31)/b8-5+. The fraction of sp³-hybridized carbons (Fsp3) is 0.375. The summed E-state index contributed by atoms with van der Waals surface area (Å²) < 4.78 is 57.1. The number of amides is 1. The number of anilines is 2. The van der Waals surface area contributed by atoms with E-state index in [-0.39, 0.29) is 5.69 Å². The lowest BCUT2D eigenvalue weighted by molar-refractivity contribution is -0.136. The van der Waals surface area contributed by atoms with Gasteiger partial charge in [-0.2, -0.15) is 13.2 Å². The zero-order chi connectivity index (χ0) is 24.9.